The van der Waals surface area contributed by atoms with E-state index >= 15 is 0 Å². The fourth-order valence-electron chi connectivity index (χ4n) is 0.919. The summed E-state index contributed by atoms with van der Waals surface area (Å²) in [5.74, 6) is -0.981. The van der Waals surface area contributed by atoms with Crippen LogP contribution in [0.2, 0.25) is 0 Å². The molecule has 1 rings (SSSR count). The van der Waals surface area contributed by atoms with Crippen LogP contribution in [0.5, 0.6) is 0 Å². The van der Waals surface area contributed by atoms with E-state index in [4.69, 9.17) is 5.26 Å². The normalized spacial score (nSPS) is 10.3. The van der Waals surface area contributed by atoms with Crippen LogP contribution in [0, 0.1) is 20.8 Å². The lowest BCUT2D eigenvalue weighted by Crippen LogP contribution is -2.01. The van der Waals surface area contributed by atoms with Gasteiger partial charge in [-0.05, 0) is 22.6 Å². The molecule has 0 aromatic carbocycles. The molecule has 0 amide bonds. The molecule has 0 aliphatic heterocycles. The largest absolute Gasteiger partial charge is 0.265 e. The van der Waals surface area contributed by atoms with Gasteiger partial charge in [0, 0.05) is 15.2 Å². The number of halogens is 4. The van der Waals surface area contributed by atoms with Gasteiger partial charge in [0.1, 0.15) is 0 Å². The van der Waals surface area contributed by atoms with E-state index in [1.54, 1.807) is 28.7 Å². The number of nitrogens with zero attached hydrogens (tertiary/aromatic N) is 2. The molecule has 0 fully saturated rings. The predicted molar refractivity (Wildman–Crippen MR) is 51.2 cm³/mol. The van der Waals surface area contributed by atoms with Gasteiger partial charge in [0.05, 0.1) is 18.2 Å². The van der Waals surface area contributed by atoms with E-state index in [0.717, 1.165) is 0 Å². The van der Waals surface area contributed by atoms with E-state index in [1.807, 2.05) is 0 Å². The first-order chi connectivity index (χ1) is 6.56. The third-order valence-corrected chi connectivity index (χ3v) is 2.75. The second kappa shape index (κ2) is 4.59. The molecule has 1 aromatic heterocycles. The molecular weight excluding hydrogens is 308 g/mol. The maximum Gasteiger partial charge on any atom is 0.265 e. The molecule has 0 radical (unpaired) electrons. The van der Waals surface area contributed by atoms with Crippen molar-refractivity contribution in [3.63, 3.8) is 0 Å². The maximum atomic E-state index is 12.7. The number of hydrogen-bond donors (Lipinski definition) is 0. The molecule has 0 spiro atoms. The second-order valence-corrected chi connectivity index (χ2v) is 3.51. The Bertz CT molecular complexity index is 387. The van der Waals surface area contributed by atoms with E-state index < -0.39 is 17.9 Å². The van der Waals surface area contributed by atoms with Crippen molar-refractivity contribution >= 4 is 22.6 Å². The zero-order valence-corrected chi connectivity index (χ0v) is 8.93. The van der Waals surface area contributed by atoms with Gasteiger partial charge in [-0.1, -0.05) is 0 Å². The Morgan fingerprint density at radius 2 is 2.21 bits per heavy atom. The zero-order valence-electron chi connectivity index (χ0n) is 6.77. The fourth-order valence-corrected chi connectivity index (χ4v) is 1.62. The predicted octanol–water partition coefficient (Wildman–Crippen LogP) is 2.83. The zero-order chi connectivity index (χ0) is 10.7. The van der Waals surface area contributed by atoms with E-state index in [2.05, 4.69) is 4.98 Å². The van der Waals surface area contributed by atoms with Crippen molar-refractivity contribution in [1.82, 2.24) is 4.98 Å². The van der Waals surface area contributed by atoms with Crippen LogP contribution >= 0.6 is 22.6 Å². The molecule has 1 aromatic rings. The highest BCUT2D eigenvalue weighted by molar-refractivity contribution is 14.1. The molecule has 0 aliphatic rings. The number of nitriles is 1. The van der Waals surface area contributed by atoms with Crippen molar-refractivity contribution < 1.29 is 13.2 Å². The molecule has 2 nitrogen and oxygen atoms in total. The highest BCUT2D eigenvalue weighted by Crippen LogP contribution is 2.26. The van der Waals surface area contributed by atoms with Gasteiger partial charge in [-0.3, -0.25) is 0 Å². The summed E-state index contributed by atoms with van der Waals surface area (Å²) in [6, 6.07) is 2.43. The highest BCUT2D eigenvalue weighted by Gasteiger charge is 2.17. The SMILES string of the molecule is N#CCc1nc(F)cc(C(F)F)c1I. The Morgan fingerprint density at radius 3 is 2.71 bits per heavy atom. The molecule has 0 bridgehead atoms. The lowest BCUT2D eigenvalue weighted by atomic mass is 10.2. The van der Waals surface area contributed by atoms with E-state index in [-0.39, 0.29) is 15.7 Å². The highest BCUT2D eigenvalue weighted by atomic mass is 127. The summed E-state index contributed by atoms with van der Waals surface area (Å²) < 4.78 is 37.6. The summed E-state index contributed by atoms with van der Waals surface area (Å²) in [5.41, 5.74) is -0.355. The summed E-state index contributed by atoms with van der Waals surface area (Å²) in [4.78, 5) is 3.38. The molecule has 14 heavy (non-hydrogen) atoms. The molecule has 0 N–H and O–H groups in total. The number of pyridine rings is 1. The van der Waals surface area contributed by atoms with Crippen LogP contribution in [0.1, 0.15) is 17.7 Å². The third-order valence-electron chi connectivity index (χ3n) is 1.50. The van der Waals surface area contributed by atoms with Crippen molar-refractivity contribution in [1.29, 1.82) is 5.26 Å². The van der Waals surface area contributed by atoms with Gasteiger partial charge in [-0.25, -0.2) is 13.8 Å². The third kappa shape index (κ3) is 2.35. The number of rotatable bonds is 2. The molecule has 0 aliphatic carbocycles. The van der Waals surface area contributed by atoms with Crippen LogP contribution in [0.4, 0.5) is 13.2 Å². The molecular formula is C8H4F3IN2. The quantitative estimate of drug-likeness (QED) is 0.622. The average Bonchev–Trinajstić information content (AvgIpc) is 2.10. The summed E-state index contributed by atoms with van der Waals surface area (Å²) in [7, 11) is 0. The van der Waals surface area contributed by atoms with Crippen molar-refractivity contribution in [2.75, 3.05) is 0 Å². The lowest BCUT2D eigenvalue weighted by Gasteiger charge is -2.06. The number of alkyl halides is 2. The topological polar surface area (TPSA) is 36.7 Å². The molecule has 0 unspecified atom stereocenters. The molecule has 0 saturated heterocycles. The summed E-state index contributed by atoms with van der Waals surface area (Å²) in [6.07, 6.45) is -2.92. The Morgan fingerprint density at radius 1 is 1.57 bits per heavy atom. The Balaban J connectivity index is 3.26. The lowest BCUT2D eigenvalue weighted by molar-refractivity contribution is 0.149. The second-order valence-electron chi connectivity index (χ2n) is 2.43. The minimum absolute atomic E-state index is 0.0587. The van der Waals surface area contributed by atoms with E-state index in [0.29, 0.717) is 6.07 Å². The standard InChI is InChI=1S/C8H4F3IN2/c9-6-3-4(8(10)11)7(12)5(14-6)1-2-13/h3,8H,1H2. The first-order valence-corrected chi connectivity index (χ1v) is 4.64. The van der Waals surface area contributed by atoms with Crippen LogP contribution in [0.25, 0.3) is 0 Å². The van der Waals surface area contributed by atoms with Gasteiger partial charge in [0.25, 0.3) is 6.43 Å². The van der Waals surface area contributed by atoms with Crippen molar-refractivity contribution in [2.24, 2.45) is 0 Å². The Kier molecular flexibility index (Phi) is 3.69. The van der Waals surface area contributed by atoms with Gasteiger partial charge < -0.3 is 0 Å². The van der Waals surface area contributed by atoms with Gasteiger partial charge in [0.15, 0.2) is 0 Å². The molecule has 6 heteroatoms. The Hall–Kier alpha value is -0.840. The van der Waals surface area contributed by atoms with Crippen LogP contribution in [0.15, 0.2) is 6.07 Å². The van der Waals surface area contributed by atoms with Crippen LogP contribution < -0.4 is 0 Å². The van der Waals surface area contributed by atoms with E-state index in [9.17, 15) is 13.2 Å². The number of hydrogen-bond acceptors (Lipinski definition) is 2. The molecule has 0 atom stereocenters. The van der Waals surface area contributed by atoms with Crippen LogP contribution in [-0.2, 0) is 6.42 Å². The summed E-state index contributed by atoms with van der Waals surface area (Å²) >= 11 is 1.64. The molecule has 0 saturated carbocycles. The summed E-state index contributed by atoms with van der Waals surface area (Å²) in [5, 5.41) is 8.36. The van der Waals surface area contributed by atoms with Crippen LogP contribution in [0.3, 0.4) is 0 Å². The molecule has 1 heterocycles. The van der Waals surface area contributed by atoms with Gasteiger partial charge in [-0.2, -0.15) is 9.65 Å². The molecule has 74 valence electrons. The Labute approximate surface area is 91.9 Å². The van der Waals surface area contributed by atoms with Gasteiger partial charge in [0.2, 0.25) is 5.95 Å². The van der Waals surface area contributed by atoms with E-state index in [1.165, 1.54) is 0 Å². The summed E-state index contributed by atoms with van der Waals surface area (Å²) in [6.45, 7) is 0. The first kappa shape index (κ1) is 11.2. The van der Waals surface area contributed by atoms with Gasteiger partial charge in [-0.15, -0.1) is 0 Å². The fraction of sp³-hybridized carbons (Fsp3) is 0.250. The number of aromatic nitrogens is 1. The maximum absolute atomic E-state index is 12.7. The van der Waals surface area contributed by atoms with Crippen molar-refractivity contribution in [3.05, 3.63) is 26.8 Å². The smallest absolute Gasteiger partial charge is 0.223 e. The van der Waals surface area contributed by atoms with Gasteiger partial charge >= 0.3 is 0 Å². The van der Waals surface area contributed by atoms with Crippen molar-refractivity contribution in [2.45, 2.75) is 12.8 Å². The first-order valence-electron chi connectivity index (χ1n) is 3.56. The van der Waals surface area contributed by atoms with Crippen molar-refractivity contribution in [3.8, 4) is 6.07 Å². The average molecular weight is 312 g/mol. The van der Waals surface area contributed by atoms with Crippen LogP contribution in [-0.4, -0.2) is 4.98 Å². The monoisotopic (exact) mass is 312 g/mol. The minimum Gasteiger partial charge on any atom is -0.223 e. The minimum atomic E-state index is -2.75.